The fourth-order valence-electron chi connectivity index (χ4n) is 0.823. The Hall–Kier alpha value is -1.35. The average Bonchev–Trinajstić information content (AvgIpc) is 2.56. The van der Waals surface area contributed by atoms with Gasteiger partial charge >= 0.3 is 5.97 Å². The largest absolute Gasteiger partial charge is 0.505 e. The Morgan fingerprint density at radius 1 is 1.39 bits per heavy atom. The van der Waals surface area contributed by atoms with Crippen LogP contribution < -0.4 is 0 Å². The quantitative estimate of drug-likeness (QED) is 0.265. The second kappa shape index (κ2) is 6.55. The molecule has 0 unspecified atom stereocenters. The fraction of sp³-hybridized carbons (Fsp3) is 0.700. The van der Waals surface area contributed by atoms with E-state index in [0.29, 0.717) is 0 Å². The molecular weight excluding hydrogens is 248 g/mol. The molecular formula is C10H18O8. The van der Waals surface area contributed by atoms with Crippen LogP contribution in [0.3, 0.4) is 0 Å². The minimum atomic E-state index is -1.42. The molecule has 0 amide bonds. The molecule has 0 bridgehead atoms. The maximum absolute atomic E-state index is 10.5. The molecule has 106 valence electrons. The Labute approximate surface area is 104 Å². The number of esters is 1. The van der Waals surface area contributed by atoms with Crippen LogP contribution in [0, 0.1) is 0 Å². The average molecular weight is 266 g/mol. The molecule has 0 aromatic rings. The van der Waals surface area contributed by atoms with Crippen LogP contribution in [0.1, 0.15) is 20.8 Å². The summed E-state index contributed by atoms with van der Waals surface area (Å²) in [6.45, 7) is 4.64. The normalized spacial score (nSPS) is 21.2. The van der Waals surface area contributed by atoms with Crippen molar-refractivity contribution < 1.29 is 40.1 Å². The van der Waals surface area contributed by atoms with Crippen LogP contribution in [-0.4, -0.2) is 56.1 Å². The first-order chi connectivity index (χ1) is 8.14. The minimum absolute atomic E-state index is 0.403. The molecule has 1 aliphatic rings. The van der Waals surface area contributed by atoms with Crippen molar-refractivity contribution in [2.24, 2.45) is 0 Å². The maximum atomic E-state index is 10.5. The summed E-state index contributed by atoms with van der Waals surface area (Å²) in [6, 6.07) is 0. The van der Waals surface area contributed by atoms with Crippen molar-refractivity contribution in [1.29, 1.82) is 0 Å². The third kappa shape index (κ3) is 4.88. The van der Waals surface area contributed by atoms with Crippen molar-refractivity contribution in [3.05, 3.63) is 11.5 Å². The van der Waals surface area contributed by atoms with E-state index in [4.69, 9.17) is 25.7 Å². The molecule has 1 aliphatic heterocycles. The number of cyclic esters (lactones) is 1. The van der Waals surface area contributed by atoms with Gasteiger partial charge in [0.15, 0.2) is 11.9 Å². The Kier molecular flexibility index (Phi) is 6.06. The summed E-state index contributed by atoms with van der Waals surface area (Å²) < 4.78 is 4.32. The summed E-state index contributed by atoms with van der Waals surface area (Å²) in [7, 11) is 0. The Morgan fingerprint density at radius 3 is 2.06 bits per heavy atom. The highest BCUT2D eigenvalue weighted by atomic mass is 17.1. The van der Waals surface area contributed by atoms with Gasteiger partial charge in [0.25, 0.3) is 0 Å². The van der Waals surface area contributed by atoms with Crippen molar-refractivity contribution in [2.45, 2.75) is 38.6 Å². The number of carbonyl (C=O) groups is 1. The van der Waals surface area contributed by atoms with E-state index in [9.17, 15) is 4.79 Å². The second-order valence-electron chi connectivity index (χ2n) is 4.51. The lowest BCUT2D eigenvalue weighted by atomic mass is 10.2. The van der Waals surface area contributed by atoms with E-state index in [1.165, 1.54) is 0 Å². The number of ether oxygens (including phenoxy) is 1. The highest BCUT2D eigenvalue weighted by Crippen LogP contribution is 2.20. The SMILES string of the molecule is CC(C)(C)OO.O=C1O[C@H]([C@H](O)CO)C(O)=C1O. The van der Waals surface area contributed by atoms with Gasteiger partial charge in [0.1, 0.15) is 6.10 Å². The first-order valence-corrected chi connectivity index (χ1v) is 5.08. The summed E-state index contributed by atoms with van der Waals surface area (Å²) in [6.07, 6.45) is -2.78. The topological polar surface area (TPSA) is 137 Å². The molecule has 2 atom stereocenters. The third-order valence-electron chi connectivity index (χ3n) is 1.75. The zero-order valence-corrected chi connectivity index (χ0v) is 10.3. The predicted molar refractivity (Wildman–Crippen MR) is 58.7 cm³/mol. The molecule has 0 saturated carbocycles. The summed E-state index contributed by atoms with van der Waals surface area (Å²) in [5.41, 5.74) is -0.403. The smallest absolute Gasteiger partial charge is 0.377 e. The molecule has 5 N–H and O–H groups in total. The maximum Gasteiger partial charge on any atom is 0.377 e. The van der Waals surface area contributed by atoms with E-state index in [1.54, 1.807) is 20.8 Å². The van der Waals surface area contributed by atoms with Crippen LogP contribution in [0.5, 0.6) is 0 Å². The van der Waals surface area contributed by atoms with Gasteiger partial charge in [0.05, 0.1) is 12.2 Å². The number of aliphatic hydroxyl groups excluding tert-OH is 4. The molecule has 0 aromatic heterocycles. The lowest BCUT2D eigenvalue weighted by Gasteiger charge is -2.13. The first-order valence-electron chi connectivity index (χ1n) is 5.08. The second-order valence-corrected chi connectivity index (χ2v) is 4.51. The fourth-order valence-corrected chi connectivity index (χ4v) is 0.823. The Bertz CT molecular complexity index is 316. The van der Waals surface area contributed by atoms with Crippen molar-refractivity contribution in [3.63, 3.8) is 0 Å². The monoisotopic (exact) mass is 266 g/mol. The number of rotatable bonds is 2. The van der Waals surface area contributed by atoms with E-state index >= 15 is 0 Å². The minimum Gasteiger partial charge on any atom is -0.505 e. The Morgan fingerprint density at radius 2 is 1.83 bits per heavy atom. The number of carbonyl (C=O) groups excluding carboxylic acids is 1. The molecule has 8 heteroatoms. The van der Waals surface area contributed by atoms with Crippen LogP contribution in [0.25, 0.3) is 0 Å². The van der Waals surface area contributed by atoms with E-state index in [2.05, 4.69) is 9.62 Å². The van der Waals surface area contributed by atoms with Crippen molar-refractivity contribution >= 4 is 5.97 Å². The molecule has 0 aromatic carbocycles. The van der Waals surface area contributed by atoms with Crippen LogP contribution in [0.2, 0.25) is 0 Å². The van der Waals surface area contributed by atoms with Gasteiger partial charge in [-0.3, -0.25) is 5.26 Å². The Balaban J connectivity index is 0.000000411. The van der Waals surface area contributed by atoms with E-state index < -0.39 is 41.9 Å². The molecule has 8 nitrogen and oxygen atoms in total. The summed E-state index contributed by atoms with van der Waals surface area (Å²) in [5.74, 6) is -2.78. The van der Waals surface area contributed by atoms with E-state index in [0.717, 1.165) is 0 Å². The molecule has 0 radical (unpaired) electrons. The predicted octanol–water partition coefficient (Wildman–Crippen LogP) is -0.133. The van der Waals surface area contributed by atoms with Crippen molar-refractivity contribution in [3.8, 4) is 0 Å². The zero-order chi connectivity index (χ0) is 14.5. The van der Waals surface area contributed by atoms with Crippen LogP contribution in [0.15, 0.2) is 11.5 Å². The van der Waals surface area contributed by atoms with Crippen LogP contribution >= 0.6 is 0 Å². The van der Waals surface area contributed by atoms with Crippen LogP contribution in [0.4, 0.5) is 0 Å². The van der Waals surface area contributed by atoms with Crippen LogP contribution in [-0.2, 0) is 14.4 Å². The van der Waals surface area contributed by atoms with Gasteiger partial charge in [-0.2, -0.15) is 0 Å². The summed E-state index contributed by atoms with van der Waals surface area (Å²) in [5, 5.41) is 42.9. The molecule has 0 spiro atoms. The van der Waals surface area contributed by atoms with Crippen molar-refractivity contribution in [2.75, 3.05) is 6.61 Å². The molecule has 0 aliphatic carbocycles. The molecule has 18 heavy (non-hydrogen) atoms. The lowest BCUT2D eigenvalue weighted by molar-refractivity contribution is -0.306. The number of hydrogen-bond acceptors (Lipinski definition) is 8. The first kappa shape index (κ1) is 16.6. The summed E-state index contributed by atoms with van der Waals surface area (Å²) >= 11 is 0. The number of aliphatic hydroxyl groups is 4. The molecule has 0 saturated heterocycles. The van der Waals surface area contributed by atoms with Gasteiger partial charge in [-0.25, -0.2) is 9.68 Å². The van der Waals surface area contributed by atoms with E-state index in [1.807, 2.05) is 0 Å². The number of hydrogen-bond donors (Lipinski definition) is 5. The highest BCUT2D eigenvalue weighted by molar-refractivity contribution is 5.89. The van der Waals surface area contributed by atoms with Gasteiger partial charge in [-0.05, 0) is 20.8 Å². The standard InChI is InChI=1S/C6H8O6.C4H10O2/c7-1-2(8)5-3(9)4(10)6(11)12-5;1-4(2,3)6-5/h2,5,7-10H,1H2;5H,1-3H3/t2-,5-;/m1./s1. The van der Waals surface area contributed by atoms with Gasteiger partial charge in [-0.1, -0.05) is 0 Å². The third-order valence-corrected chi connectivity index (χ3v) is 1.75. The van der Waals surface area contributed by atoms with Gasteiger partial charge in [0, 0.05) is 0 Å². The summed E-state index contributed by atoms with van der Waals surface area (Å²) in [4.78, 5) is 14.5. The van der Waals surface area contributed by atoms with Crippen molar-refractivity contribution in [1.82, 2.24) is 0 Å². The van der Waals surface area contributed by atoms with Gasteiger partial charge in [0.2, 0.25) is 5.76 Å². The highest BCUT2D eigenvalue weighted by Gasteiger charge is 2.38. The van der Waals surface area contributed by atoms with Gasteiger partial charge < -0.3 is 25.2 Å². The molecule has 0 fully saturated rings. The molecule has 1 rings (SSSR count). The van der Waals surface area contributed by atoms with E-state index in [-0.39, 0.29) is 0 Å². The lowest BCUT2D eigenvalue weighted by Crippen LogP contribution is -2.31. The zero-order valence-electron chi connectivity index (χ0n) is 10.3. The van der Waals surface area contributed by atoms with Gasteiger partial charge in [-0.15, -0.1) is 0 Å². The molecule has 1 heterocycles.